The van der Waals surface area contributed by atoms with E-state index in [0.29, 0.717) is 11.1 Å². The first-order valence-electron chi connectivity index (χ1n) is 16.2. The number of fused-ring (bicyclic) bond motifs is 1. The Morgan fingerprint density at radius 1 is 0.922 bits per heavy atom. The van der Waals surface area contributed by atoms with Crippen LogP contribution in [0, 0.1) is 11.7 Å². The Balaban J connectivity index is 1.61. The molecule has 270 valence electrons. The molecule has 15 heteroatoms. The van der Waals surface area contributed by atoms with Crippen molar-refractivity contribution in [2.45, 2.75) is 56.7 Å². The molecule has 0 fully saturated rings. The lowest BCUT2D eigenvalue weighted by Gasteiger charge is -2.31. The number of aromatic nitrogens is 1. The number of carbonyl (C=O) groups is 4. The maximum absolute atomic E-state index is 14.8. The number of nitrogens with two attached hydrogens (primary N) is 1. The van der Waals surface area contributed by atoms with E-state index in [1.165, 1.54) is 13.0 Å². The zero-order chi connectivity index (χ0) is 37.3. The lowest BCUT2D eigenvalue weighted by Crippen LogP contribution is -2.56. The summed E-state index contributed by atoms with van der Waals surface area (Å²) in [6, 6.07) is 19.5. The van der Waals surface area contributed by atoms with Crippen molar-refractivity contribution in [3.8, 4) is 0 Å². The van der Waals surface area contributed by atoms with E-state index in [1.807, 2.05) is 12.1 Å². The zero-order valence-electron chi connectivity index (χ0n) is 28.4. The minimum Gasteiger partial charge on any atom is -0.390 e. The molecular formula is C36H41FN6O7S. The van der Waals surface area contributed by atoms with Gasteiger partial charge in [0.15, 0.2) is 0 Å². The number of aliphatic hydroxyl groups excluding tert-OH is 1. The number of hydrogen-bond acceptors (Lipinski definition) is 8. The number of nitrogens with zero attached hydrogens (tertiary/aromatic N) is 2. The number of sulfonamides is 1. The van der Waals surface area contributed by atoms with Crippen molar-refractivity contribution in [2.24, 2.45) is 11.7 Å². The number of benzene rings is 3. The smallest absolute Gasteiger partial charge is 0.270 e. The lowest BCUT2D eigenvalue weighted by atomic mass is 10.00. The predicted octanol–water partition coefficient (Wildman–Crippen LogP) is 2.74. The number of nitrogens with one attached hydrogen (secondary N) is 3. The van der Waals surface area contributed by atoms with Gasteiger partial charge in [-0.05, 0) is 48.2 Å². The number of para-hydroxylation sites is 1. The van der Waals surface area contributed by atoms with E-state index in [-0.39, 0.29) is 30.3 Å². The summed E-state index contributed by atoms with van der Waals surface area (Å²) in [4.78, 5) is 54.3. The normalized spacial score (nSPS) is 13.4. The van der Waals surface area contributed by atoms with Crippen LogP contribution in [-0.4, -0.2) is 77.7 Å². The molecule has 0 aliphatic carbocycles. The fraction of sp³-hybridized carbons (Fsp3) is 0.306. The Bertz CT molecular complexity index is 1990. The summed E-state index contributed by atoms with van der Waals surface area (Å²) in [5, 5.41) is 19.9. The highest BCUT2D eigenvalue weighted by molar-refractivity contribution is 7.89. The maximum Gasteiger partial charge on any atom is 0.270 e. The van der Waals surface area contributed by atoms with Crippen LogP contribution >= 0.6 is 0 Å². The number of aliphatic hydroxyl groups is 1. The number of amides is 4. The highest BCUT2D eigenvalue weighted by atomic mass is 32.2. The van der Waals surface area contributed by atoms with Crippen molar-refractivity contribution in [3.63, 3.8) is 0 Å². The molecule has 0 spiro atoms. The van der Waals surface area contributed by atoms with Gasteiger partial charge in [0, 0.05) is 25.4 Å². The summed E-state index contributed by atoms with van der Waals surface area (Å²) in [7, 11) is -4.41. The molecule has 0 saturated carbocycles. The third kappa shape index (κ3) is 10.6. The van der Waals surface area contributed by atoms with Gasteiger partial charge < -0.3 is 26.8 Å². The van der Waals surface area contributed by atoms with E-state index < -0.39 is 75.5 Å². The molecule has 1 aromatic heterocycles. The van der Waals surface area contributed by atoms with Crippen molar-refractivity contribution in [3.05, 3.63) is 102 Å². The quantitative estimate of drug-likeness (QED) is 0.116. The Labute approximate surface area is 295 Å². The third-order valence-corrected chi connectivity index (χ3v) is 9.62. The van der Waals surface area contributed by atoms with E-state index in [9.17, 15) is 37.1 Å². The van der Waals surface area contributed by atoms with Gasteiger partial charge in [-0.3, -0.25) is 19.2 Å². The molecule has 0 bridgehead atoms. The molecule has 6 N–H and O–H groups in total. The zero-order valence-corrected chi connectivity index (χ0v) is 29.2. The summed E-state index contributed by atoms with van der Waals surface area (Å²) in [5.41, 5.74) is 6.46. The van der Waals surface area contributed by atoms with Gasteiger partial charge in [-0.15, -0.1) is 0 Å². The summed E-state index contributed by atoms with van der Waals surface area (Å²) >= 11 is 0. The van der Waals surface area contributed by atoms with Crippen molar-refractivity contribution < 1.29 is 37.1 Å². The summed E-state index contributed by atoms with van der Waals surface area (Å²) < 4.78 is 43.5. The highest BCUT2D eigenvalue weighted by Gasteiger charge is 2.34. The second kappa shape index (κ2) is 17.1. The average molecular weight is 721 g/mol. The van der Waals surface area contributed by atoms with Crippen LogP contribution in [0.3, 0.4) is 0 Å². The van der Waals surface area contributed by atoms with Crippen molar-refractivity contribution >= 4 is 50.2 Å². The lowest BCUT2D eigenvalue weighted by molar-refractivity contribution is -0.128. The van der Waals surface area contributed by atoms with Gasteiger partial charge in [0.1, 0.15) is 17.6 Å². The average Bonchev–Trinajstić information content (AvgIpc) is 3.07. The Morgan fingerprint density at radius 3 is 2.25 bits per heavy atom. The molecule has 4 amide bonds. The van der Waals surface area contributed by atoms with Crippen LogP contribution in [0.1, 0.15) is 43.2 Å². The minimum absolute atomic E-state index is 0.00656. The van der Waals surface area contributed by atoms with Crippen molar-refractivity contribution in [1.82, 2.24) is 19.9 Å². The van der Waals surface area contributed by atoms with Crippen LogP contribution in [0.25, 0.3) is 10.9 Å². The molecule has 3 aromatic carbocycles. The number of hydrogen-bond donors (Lipinski definition) is 5. The number of pyridine rings is 1. The number of halogens is 1. The molecule has 3 atom stereocenters. The molecule has 0 unspecified atom stereocenters. The fourth-order valence-electron chi connectivity index (χ4n) is 5.38. The fourth-order valence-corrected chi connectivity index (χ4v) is 7.01. The first-order valence-corrected chi connectivity index (χ1v) is 17.6. The second-order valence-corrected chi connectivity index (χ2v) is 14.4. The third-order valence-electron chi connectivity index (χ3n) is 7.80. The van der Waals surface area contributed by atoms with Gasteiger partial charge in [0.2, 0.25) is 27.7 Å². The SMILES string of the molecule is CC(=O)Nc1ccc(S(=O)(=O)N(CC(C)C)C[C@@H](O)[C@H](Cc2ccccc2)NC(=O)[C@H](CC(N)=O)NC(=O)c2ccc3ccccc3n2)cc1F. The van der Waals surface area contributed by atoms with E-state index in [2.05, 4.69) is 20.9 Å². The largest absolute Gasteiger partial charge is 0.390 e. The standard InChI is InChI=1S/C36H41FN6O7S/c1-22(2)20-43(51(49,50)26-14-16-29(27(37)18-26)39-23(3)44)21-33(45)31(17-24-9-5-4-6-10-24)41-36(48)32(19-34(38)46)42-35(47)30-15-13-25-11-7-8-12-28(25)40-30/h4-16,18,22,31-33,45H,17,19-21H2,1-3H3,(H2,38,46)(H,39,44)(H,41,48)(H,42,47)/t31-,32-,33+/m0/s1. The van der Waals surface area contributed by atoms with Crippen molar-refractivity contribution in [1.29, 1.82) is 0 Å². The summed E-state index contributed by atoms with van der Waals surface area (Å²) in [5.74, 6) is -4.20. The van der Waals surface area contributed by atoms with Gasteiger partial charge in [-0.25, -0.2) is 17.8 Å². The van der Waals surface area contributed by atoms with Crippen LogP contribution in [0.15, 0.2) is 89.8 Å². The molecular weight excluding hydrogens is 679 g/mol. The minimum atomic E-state index is -4.41. The van der Waals surface area contributed by atoms with Crippen LogP contribution in [0.5, 0.6) is 0 Å². The van der Waals surface area contributed by atoms with Gasteiger partial charge in [-0.1, -0.05) is 68.4 Å². The predicted molar refractivity (Wildman–Crippen MR) is 189 cm³/mol. The van der Waals surface area contributed by atoms with Crippen LogP contribution in [0.4, 0.5) is 10.1 Å². The number of rotatable bonds is 16. The molecule has 0 saturated heterocycles. The van der Waals surface area contributed by atoms with Crippen LogP contribution < -0.4 is 21.7 Å². The summed E-state index contributed by atoms with van der Waals surface area (Å²) in [6.07, 6.45) is -2.07. The van der Waals surface area contributed by atoms with Gasteiger partial charge in [0.05, 0.1) is 34.7 Å². The van der Waals surface area contributed by atoms with Crippen molar-refractivity contribution in [2.75, 3.05) is 18.4 Å². The topological polar surface area (TPSA) is 201 Å². The van der Waals surface area contributed by atoms with E-state index in [1.54, 1.807) is 62.4 Å². The van der Waals surface area contributed by atoms with Gasteiger partial charge in [0.25, 0.3) is 5.91 Å². The molecule has 4 rings (SSSR count). The maximum atomic E-state index is 14.8. The van der Waals surface area contributed by atoms with E-state index in [0.717, 1.165) is 27.9 Å². The first kappa shape index (κ1) is 38.6. The van der Waals surface area contributed by atoms with E-state index >= 15 is 0 Å². The van der Waals surface area contributed by atoms with Gasteiger partial charge in [-0.2, -0.15) is 4.31 Å². The molecule has 4 aromatic rings. The molecule has 0 aliphatic heterocycles. The Hall–Kier alpha value is -5.25. The Kier molecular flexibility index (Phi) is 12.9. The monoisotopic (exact) mass is 720 g/mol. The Morgan fingerprint density at radius 2 is 1.61 bits per heavy atom. The molecule has 13 nitrogen and oxygen atoms in total. The molecule has 51 heavy (non-hydrogen) atoms. The second-order valence-electron chi connectivity index (χ2n) is 12.5. The number of primary amides is 1. The van der Waals surface area contributed by atoms with E-state index in [4.69, 9.17) is 5.73 Å². The number of anilines is 1. The molecule has 0 aliphatic rings. The summed E-state index contributed by atoms with van der Waals surface area (Å²) in [6.45, 7) is 4.13. The first-order chi connectivity index (χ1) is 24.1. The molecule has 0 radical (unpaired) electrons. The van der Waals surface area contributed by atoms with Gasteiger partial charge >= 0.3 is 0 Å². The number of carbonyl (C=O) groups excluding carboxylic acids is 4. The van der Waals surface area contributed by atoms with Crippen LogP contribution in [0.2, 0.25) is 0 Å². The molecule has 1 heterocycles. The highest BCUT2D eigenvalue weighted by Crippen LogP contribution is 2.24. The van der Waals surface area contributed by atoms with Crippen LogP contribution in [-0.2, 0) is 30.8 Å².